The average molecular weight is 379 g/mol. The van der Waals surface area contributed by atoms with E-state index in [1.807, 2.05) is 63.2 Å². The van der Waals surface area contributed by atoms with Gasteiger partial charge in [-0.1, -0.05) is 60.9 Å². The Morgan fingerprint density at radius 2 is 1.54 bits per heavy atom. The SMILES string of the molecule is Cc1cc(C)c(C(=O)C2(C(C)(Cc3ccccc3)C(=O)O)CCCC2)c(C)c1. The summed E-state index contributed by atoms with van der Waals surface area (Å²) in [5, 5.41) is 10.3. The standard InChI is InChI=1S/C25H30O3/c1-17-14-18(2)21(19(3)15-17)22(26)25(12-8-9-13-25)24(4,23(27)28)16-20-10-6-5-7-11-20/h5-7,10-11,14-15H,8-9,12-13,16H2,1-4H3,(H,27,28). The van der Waals surface area contributed by atoms with Crippen molar-refractivity contribution in [2.45, 2.75) is 59.8 Å². The number of carbonyl (C=O) groups excluding carboxylic acids is 1. The summed E-state index contributed by atoms with van der Waals surface area (Å²) in [5.74, 6) is -0.866. The second-order valence-corrected chi connectivity index (χ2v) is 8.69. The van der Waals surface area contributed by atoms with Crippen LogP contribution in [-0.4, -0.2) is 16.9 Å². The number of carboxylic acid groups (broad SMARTS) is 1. The fraction of sp³-hybridized carbons (Fsp3) is 0.440. The molecule has 0 aliphatic heterocycles. The van der Waals surface area contributed by atoms with E-state index in [9.17, 15) is 14.7 Å². The molecule has 1 saturated carbocycles. The molecule has 0 radical (unpaired) electrons. The first-order valence-corrected chi connectivity index (χ1v) is 10.1. The van der Waals surface area contributed by atoms with Crippen molar-refractivity contribution in [1.29, 1.82) is 0 Å². The number of ketones is 1. The molecule has 2 aromatic rings. The quantitative estimate of drug-likeness (QED) is 0.657. The van der Waals surface area contributed by atoms with Crippen LogP contribution in [0, 0.1) is 31.6 Å². The van der Waals surface area contributed by atoms with Gasteiger partial charge in [0.15, 0.2) is 5.78 Å². The Balaban J connectivity index is 2.14. The first kappa shape index (κ1) is 20.3. The van der Waals surface area contributed by atoms with Crippen LogP contribution in [0.2, 0.25) is 0 Å². The van der Waals surface area contributed by atoms with Gasteiger partial charge in [0.2, 0.25) is 0 Å². The van der Waals surface area contributed by atoms with Gasteiger partial charge in [0.1, 0.15) is 0 Å². The third kappa shape index (κ3) is 3.28. The first-order valence-electron chi connectivity index (χ1n) is 10.1. The molecule has 3 rings (SSSR count). The molecule has 1 aliphatic rings. The summed E-state index contributed by atoms with van der Waals surface area (Å²) in [4.78, 5) is 26.6. The van der Waals surface area contributed by atoms with Gasteiger partial charge >= 0.3 is 5.97 Å². The van der Waals surface area contributed by atoms with E-state index in [1.165, 1.54) is 0 Å². The molecule has 0 heterocycles. The van der Waals surface area contributed by atoms with Crippen molar-refractivity contribution < 1.29 is 14.7 Å². The normalized spacial score (nSPS) is 17.9. The highest BCUT2D eigenvalue weighted by Gasteiger charge is 2.59. The summed E-state index contributed by atoms with van der Waals surface area (Å²) >= 11 is 0. The van der Waals surface area contributed by atoms with Gasteiger partial charge in [-0.15, -0.1) is 0 Å². The first-order chi connectivity index (χ1) is 13.2. The minimum Gasteiger partial charge on any atom is -0.481 e. The van der Waals surface area contributed by atoms with Crippen LogP contribution in [0.1, 0.15) is 65.2 Å². The number of carboxylic acids is 1. The van der Waals surface area contributed by atoms with E-state index in [1.54, 1.807) is 6.92 Å². The molecule has 2 aromatic carbocycles. The average Bonchev–Trinajstić information content (AvgIpc) is 3.13. The zero-order valence-electron chi connectivity index (χ0n) is 17.3. The van der Waals surface area contributed by atoms with Crippen molar-refractivity contribution in [2.75, 3.05) is 0 Å². The Hall–Kier alpha value is -2.42. The summed E-state index contributed by atoms with van der Waals surface area (Å²) in [5.41, 5.74) is 2.67. The summed E-state index contributed by atoms with van der Waals surface area (Å²) in [6.07, 6.45) is 3.42. The van der Waals surface area contributed by atoms with Crippen molar-refractivity contribution in [1.82, 2.24) is 0 Å². The molecule has 0 saturated heterocycles. The summed E-state index contributed by atoms with van der Waals surface area (Å²) in [7, 11) is 0. The van der Waals surface area contributed by atoms with Crippen LogP contribution >= 0.6 is 0 Å². The van der Waals surface area contributed by atoms with Gasteiger partial charge in [-0.25, -0.2) is 0 Å². The van der Waals surface area contributed by atoms with E-state index in [0.29, 0.717) is 24.8 Å². The number of Topliss-reactive ketones (excluding diaryl/α,β-unsaturated/α-hetero) is 1. The van der Waals surface area contributed by atoms with Crippen LogP contribution < -0.4 is 0 Å². The second-order valence-electron chi connectivity index (χ2n) is 8.69. The topological polar surface area (TPSA) is 54.4 Å². The molecule has 0 aromatic heterocycles. The molecule has 0 bridgehead atoms. The summed E-state index contributed by atoms with van der Waals surface area (Å²) in [6, 6.07) is 13.7. The zero-order valence-corrected chi connectivity index (χ0v) is 17.3. The molecule has 0 spiro atoms. The van der Waals surface area contributed by atoms with E-state index in [-0.39, 0.29) is 5.78 Å². The Morgan fingerprint density at radius 3 is 2.04 bits per heavy atom. The summed E-state index contributed by atoms with van der Waals surface area (Å²) < 4.78 is 0. The molecule has 1 atom stereocenters. The largest absolute Gasteiger partial charge is 0.481 e. The molecule has 1 N–H and O–H groups in total. The number of aryl methyl sites for hydroxylation is 3. The van der Waals surface area contributed by atoms with Gasteiger partial charge in [0, 0.05) is 11.0 Å². The fourth-order valence-corrected chi connectivity index (χ4v) is 5.24. The minimum absolute atomic E-state index is 0.0147. The molecule has 1 aliphatic carbocycles. The monoisotopic (exact) mass is 378 g/mol. The third-order valence-electron chi connectivity index (χ3n) is 6.72. The van der Waals surface area contributed by atoms with Crippen molar-refractivity contribution >= 4 is 11.8 Å². The molecule has 28 heavy (non-hydrogen) atoms. The van der Waals surface area contributed by atoms with E-state index in [4.69, 9.17) is 0 Å². The van der Waals surface area contributed by atoms with E-state index in [0.717, 1.165) is 35.1 Å². The molecule has 3 nitrogen and oxygen atoms in total. The number of aliphatic carboxylic acids is 1. The van der Waals surface area contributed by atoms with Crippen molar-refractivity contribution in [3.05, 3.63) is 70.3 Å². The highest BCUT2D eigenvalue weighted by Crippen LogP contribution is 2.55. The van der Waals surface area contributed by atoms with Crippen LogP contribution in [0.15, 0.2) is 42.5 Å². The van der Waals surface area contributed by atoms with Gasteiger partial charge in [-0.2, -0.15) is 0 Å². The number of hydrogen-bond acceptors (Lipinski definition) is 2. The van der Waals surface area contributed by atoms with Crippen molar-refractivity contribution in [3.63, 3.8) is 0 Å². The number of rotatable bonds is 6. The van der Waals surface area contributed by atoms with E-state index < -0.39 is 16.8 Å². The third-order valence-corrected chi connectivity index (χ3v) is 6.72. The summed E-state index contributed by atoms with van der Waals surface area (Å²) in [6.45, 7) is 7.73. The van der Waals surface area contributed by atoms with Crippen molar-refractivity contribution in [3.8, 4) is 0 Å². The van der Waals surface area contributed by atoms with Crippen LogP contribution in [0.3, 0.4) is 0 Å². The minimum atomic E-state index is -1.15. The zero-order chi connectivity index (χ0) is 20.5. The van der Waals surface area contributed by atoms with Crippen molar-refractivity contribution in [2.24, 2.45) is 10.8 Å². The van der Waals surface area contributed by atoms with Crippen LogP contribution in [-0.2, 0) is 11.2 Å². The molecule has 3 heteroatoms. The Kier molecular flexibility index (Phi) is 5.47. The fourth-order valence-electron chi connectivity index (χ4n) is 5.24. The van der Waals surface area contributed by atoms with Crippen LogP contribution in [0.5, 0.6) is 0 Å². The Labute approximate surface area is 167 Å². The van der Waals surface area contributed by atoms with Gasteiger partial charge in [0.25, 0.3) is 0 Å². The van der Waals surface area contributed by atoms with Crippen LogP contribution in [0.25, 0.3) is 0 Å². The maximum atomic E-state index is 14.0. The van der Waals surface area contributed by atoms with Gasteiger partial charge in [0.05, 0.1) is 5.41 Å². The van der Waals surface area contributed by atoms with Gasteiger partial charge < -0.3 is 5.11 Å². The molecule has 1 fully saturated rings. The lowest BCUT2D eigenvalue weighted by molar-refractivity contribution is -0.154. The van der Waals surface area contributed by atoms with Gasteiger partial charge in [-0.05, 0) is 63.6 Å². The molecular weight excluding hydrogens is 348 g/mol. The maximum Gasteiger partial charge on any atom is 0.310 e. The predicted molar refractivity (Wildman–Crippen MR) is 112 cm³/mol. The van der Waals surface area contributed by atoms with E-state index >= 15 is 0 Å². The Bertz CT molecular complexity index is 868. The highest BCUT2D eigenvalue weighted by atomic mass is 16.4. The second kappa shape index (κ2) is 7.54. The van der Waals surface area contributed by atoms with Crippen LogP contribution in [0.4, 0.5) is 0 Å². The molecule has 148 valence electrons. The molecule has 0 amide bonds. The lowest BCUT2D eigenvalue weighted by Crippen LogP contribution is -2.51. The number of carbonyl (C=O) groups is 2. The maximum absolute atomic E-state index is 14.0. The highest BCUT2D eigenvalue weighted by molar-refractivity contribution is 6.06. The lowest BCUT2D eigenvalue weighted by atomic mass is 9.57. The lowest BCUT2D eigenvalue weighted by Gasteiger charge is -2.43. The number of hydrogen-bond donors (Lipinski definition) is 1. The smallest absolute Gasteiger partial charge is 0.310 e. The predicted octanol–water partition coefficient (Wildman–Crippen LogP) is 5.69. The Morgan fingerprint density at radius 1 is 1.00 bits per heavy atom. The molecular formula is C25H30O3. The van der Waals surface area contributed by atoms with Gasteiger partial charge in [-0.3, -0.25) is 9.59 Å². The molecule has 1 unspecified atom stereocenters. The number of benzene rings is 2. The van der Waals surface area contributed by atoms with E-state index in [2.05, 4.69) is 0 Å².